The van der Waals surface area contributed by atoms with E-state index in [4.69, 9.17) is 5.73 Å². The molecule has 0 bridgehead atoms. The van der Waals surface area contributed by atoms with Gasteiger partial charge in [0.1, 0.15) is 0 Å². The highest BCUT2D eigenvalue weighted by Crippen LogP contribution is 2.34. The van der Waals surface area contributed by atoms with Crippen molar-refractivity contribution in [2.24, 2.45) is 0 Å². The van der Waals surface area contributed by atoms with E-state index in [1.54, 1.807) is 0 Å². The van der Waals surface area contributed by atoms with Crippen molar-refractivity contribution in [1.29, 1.82) is 0 Å². The van der Waals surface area contributed by atoms with E-state index >= 15 is 0 Å². The second-order valence-electron chi connectivity index (χ2n) is 5.05. The summed E-state index contributed by atoms with van der Waals surface area (Å²) in [5.74, 6) is -0.184. The van der Waals surface area contributed by atoms with Crippen molar-refractivity contribution in [1.82, 2.24) is 15.2 Å². The third-order valence-corrected chi connectivity index (χ3v) is 4.78. The molecule has 0 atom stereocenters. The van der Waals surface area contributed by atoms with Crippen molar-refractivity contribution < 1.29 is 4.79 Å². The lowest BCUT2D eigenvalue weighted by molar-refractivity contribution is 0.101. The number of hydrogen-bond acceptors (Lipinski definition) is 5. The van der Waals surface area contributed by atoms with Crippen LogP contribution in [0.5, 0.6) is 0 Å². The molecule has 7 heteroatoms. The number of aromatic nitrogens is 3. The molecule has 1 saturated carbocycles. The Balaban J connectivity index is 1.60. The van der Waals surface area contributed by atoms with E-state index in [0.29, 0.717) is 0 Å². The summed E-state index contributed by atoms with van der Waals surface area (Å²) in [5, 5.41) is 9.60. The van der Waals surface area contributed by atoms with Gasteiger partial charge in [-0.3, -0.25) is 9.89 Å². The number of nitrogen functional groups attached to an aromatic ring is 1. The van der Waals surface area contributed by atoms with Gasteiger partial charge in [-0.15, -0.1) is 16.9 Å². The van der Waals surface area contributed by atoms with Crippen LogP contribution in [-0.4, -0.2) is 26.3 Å². The highest BCUT2D eigenvalue weighted by Gasteiger charge is 2.16. The van der Waals surface area contributed by atoms with Gasteiger partial charge in [0.25, 0.3) is 5.91 Å². The van der Waals surface area contributed by atoms with E-state index in [-0.39, 0.29) is 17.7 Å². The maximum Gasteiger partial charge on any atom is 0.293 e. The molecule has 3 rings (SSSR count). The summed E-state index contributed by atoms with van der Waals surface area (Å²) in [7, 11) is 0. The molecule has 0 saturated heterocycles. The number of aromatic amines is 1. The van der Waals surface area contributed by atoms with Gasteiger partial charge in [-0.2, -0.15) is 4.98 Å². The lowest BCUT2D eigenvalue weighted by Crippen LogP contribution is -2.13. The Morgan fingerprint density at radius 1 is 1.29 bits per heavy atom. The molecule has 1 heterocycles. The first-order chi connectivity index (χ1) is 10.2. The molecule has 110 valence electrons. The molecule has 4 N–H and O–H groups in total. The number of nitrogens with one attached hydrogen (secondary N) is 2. The van der Waals surface area contributed by atoms with Gasteiger partial charge in [0, 0.05) is 15.8 Å². The average molecular weight is 303 g/mol. The number of hydrogen-bond donors (Lipinski definition) is 3. The molecular weight excluding hydrogens is 286 g/mol. The number of nitrogens with two attached hydrogens (primary N) is 1. The number of benzene rings is 1. The van der Waals surface area contributed by atoms with E-state index in [1.165, 1.54) is 30.6 Å². The largest absolute Gasteiger partial charge is 0.366 e. The predicted molar refractivity (Wildman–Crippen MR) is 83.3 cm³/mol. The second kappa shape index (κ2) is 6.17. The number of anilines is 2. The van der Waals surface area contributed by atoms with Crippen LogP contribution >= 0.6 is 11.8 Å². The maximum atomic E-state index is 11.9. The second-order valence-corrected chi connectivity index (χ2v) is 6.42. The third kappa shape index (κ3) is 3.55. The summed E-state index contributed by atoms with van der Waals surface area (Å²) in [5.41, 5.74) is 6.10. The van der Waals surface area contributed by atoms with Gasteiger partial charge in [0.15, 0.2) is 0 Å². The topological polar surface area (TPSA) is 96.7 Å². The van der Waals surface area contributed by atoms with Gasteiger partial charge in [-0.25, -0.2) is 0 Å². The quantitative estimate of drug-likeness (QED) is 0.807. The molecule has 1 aliphatic rings. The molecular formula is C14H17N5OS. The van der Waals surface area contributed by atoms with Gasteiger partial charge in [-0.05, 0) is 37.1 Å². The zero-order chi connectivity index (χ0) is 14.7. The number of amides is 1. The highest BCUT2D eigenvalue weighted by molar-refractivity contribution is 8.00. The highest BCUT2D eigenvalue weighted by atomic mass is 32.2. The first-order valence-electron chi connectivity index (χ1n) is 6.96. The van der Waals surface area contributed by atoms with Crippen LogP contribution in [0.1, 0.15) is 36.3 Å². The lowest BCUT2D eigenvalue weighted by atomic mass is 10.3. The molecule has 0 spiro atoms. The first kappa shape index (κ1) is 13.9. The zero-order valence-electron chi connectivity index (χ0n) is 11.5. The molecule has 1 aliphatic carbocycles. The molecule has 0 radical (unpaired) electrons. The standard InChI is InChI=1S/C14H17N5OS/c15-14-17-12(18-19-14)13(20)16-9-5-7-11(8-6-9)21-10-3-1-2-4-10/h5-8,10H,1-4H2,(H,16,20)(H3,15,17,18,19). The minimum Gasteiger partial charge on any atom is -0.366 e. The summed E-state index contributed by atoms with van der Waals surface area (Å²) in [4.78, 5) is 16.9. The van der Waals surface area contributed by atoms with Crippen LogP contribution in [-0.2, 0) is 0 Å². The number of rotatable bonds is 4. The smallest absolute Gasteiger partial charge is 0.293 e. The fourth-order valence-corrected chi connectivity index (χ4v) is 3.63. The van der Waals surface area contributed by atoms with E-state index in [1.807, 2.05) is 36.0 Å². The predicted octanol–water partition coefficient (Wildman–Crippen LogP) is 2.67. The summed E-state index contributed by atoms with van der Waals surface area (Å²) in [6.45, 7) is 0. The van der Waals surface area contributed by atoms with E-state index in [0.717, 1.165) is 10.9 Å². The molecule has 1 fully saturated rings. The fourth-order valence-electron chi connectivity index (χ4n) is 2.38. The maximum absolute atomic E-state index is 11.9. The molecule has 1 aromatic carbocycles. The monoisotopic (exact) mass is 303 g/mol. The Labute approximate surface area is 126 Å². The van der Waals surface area contributed by atoms with Gasteiger partial charge in [0.05, 0.1) is 0 Å². The van der Waals surface area contributed by atoms with Gasteiger partial charge in [0.2, 0.25) is 11.8 Å². The third-order valence-electron chi connectivity index (χ3n) is 3.43. The molecule has 0 aliphatic heterocycles. The SMILES string of the molecule is Nc1n[nH]c(C(=O)Nc2ccc(SC3CCCC3)cc2)n1. The minimum atomic E-state index is -0.351. The normalized spacial score (nSPS) is 15.2. The van der Waals surface area contributed by atoms with Crippen molar-refractivity contribution in [3.05, 3.63) is 30.1 Å². The summed E-state index contributed by atoms with van der Waals surface area (Å²) < 4.78 is 0. The molecule has 2 aromatic rings. The Kier molecular flexibility index (Phi) is 4.10. The van der Waals surface area contributed by atoms with Gasteiger partial charge >= 0.3 is 0 Å². The number of carbonyl (C=O) groups excluding carboxylic acids is 1. The molecule has 1 aromatic heterocycles. The molecule has 21 heavy (non-hydrogen) atoms. The Bertz CT molecular complexity index is 619. The van der Waals surface area contributed by atoms with Crippen LogP contribution in [0.3, 0.4) is 0 Å². The van der Waals surface area contributed by atoms with Crippen LogP contribution < -0.4 is 11.1 Å². The molecule has 0 unspecified atom stereocenters. The first-order valence-corrected chi connectivity index (χ1v) is 7.84. The van der Waals surface area contributed by atoms with Crippen molar-refractivity contribution in [3.63, 3.8) is 0 Å². The molecule has 1 amide bonds. The van der Waals surface area contributed by atoms with Crippen LogP contribution in [0.15, 0.2) is 29.2 Å². The van der Waals surface area contributed by atoms with Crippen molar-refractivity contribution >= 4 is 29.3 Å². The fraction of sp³-hybridized carbons (Fsp3) is 0.357. The van der Waals surface area contributed by atoms with Crippen molar-refractivity contribution in [2.45, 2.75) is 35.8 Å². The minimum absolute atomic E-state index is 0.0588. The number of H-pyrrole nitrogens is 1. The van der Waals surface area contributed by atoms with Crippen LogP contribution in [0.2, 0.25) is 0 Å². The van der Waals surface area contributed by atoms with Crippen LogP contribution in [0.4, 0.5) is 11.6 Å². The molecule has 6 nitrogen and oxygen atoms in total. The lowest BCUT2D eigenvalue weighted by Gasteiger charge is -2.09. The van der Waals surface area contributed by atoms with Gasteiger partial charge < -0.3 is 11.1 Å². The van der Waals surface area contributed by atoms with Crippen molar-refractivity contribution in [2.75, 3.05) is 11.1 Å². The van der Waals surface area contributed by atoms with Crippen LogP contribution in [0, 0.1) is 0 Å². The van der Waals surface area contributed by atoms with Crippen molar-refractivity contribution in [3.8, 4) is 0 Å². The number of nitrogens with zero attached hydrogens (tertiary/aromatic N) is 2. The number of thioether (sulfide) groups is 1. The van der Waals surface area contributed by atoms with E-state index in [9.17, 15) is 4.79 Å². The Morgan fingerprint density at radius 3 is 2.62 bits per heavy atom. The van der Waals surface area contributed by atoms with E-state index in [2.05, 4.69) is 20.5 Å². The van der Waals surface area contributed by atoms with Gasteiger partial charge in [-0.1, -0.05) is 12.8 Å². The Hall–Kier alpha value is -2.02. The Morgan fingerprint density at radius 2 is 2.00 bits per heavy atom. The summed E-state index contributed by atoms with van der Waals surface area (Å²) in [6.07, 6.45) is 5.28. The average Bonchev–Trinajstić information content (AvgIpc) is 3.12. The van der Waals surface area contributed by atoms with E-state index < -0.39 is 0 Å². The summed E-state index contributed by atoms with van der Waals surface area (Å²) >= 11 is 1.92. The van der Waals surface area contributed by atoms with Crippen LogP contribution in [0.25, 0.3) is 0 Å². The summed E-state index contributed by atoms with van der Waals surface area (Å²) in [6, 6.07) is 7.87. The zero-order valence-corrected chi connectivity index (χ0v) is 12.3. The number of carbonyl (C=O) groups is 1.